The van der Waals surface area contributed by atoms with Gasteiger partial charge in [-0.05, 0) is 31.5 Å². The topological polar surface area (TPSA) is 52.3 Å². The van der Waals surface area contributed by atoms with Crippen molar-refractivity contribution in [2.45, 2.75) is 25.8 Å². The van der Waals surface area contributed by atoms with Crippen LogP contribution in [0.5, 0.6) is 5.75 Å². The first-order valence-electron chi connectivity index (χ1n) is 5.17. The van der Waals surface area contributed by atoms with E-state index in [0.717, 1.165) is 0 Å². The van der Waals surface area contributed by atoms with E-state index < -0.39 is 0 Å². The van der Waals surface area contributed by atoms with Gasteiger partial charge in [0, 0.05) is 18.0 Å². The first kappa shape index (κ1) is 13.0. The van der Waals surface area contributed by atoms with Gasteiger partial charge < -0.3 is 10.5 Å². The highest BCUT2D eigenvalue weighted by Gasteiger charge is 2.10. The molecule has 16 heavy (non-hydrogen) atoms. The first-order valence-corrected chi connectivity index (χ1v) is 5.54. The van der Waals surface area contributed by atoms with Gasteiger partial charge in [0.25, 0.3) is 0 Å². The van der Waals surface area contributed by atoms with E-state index in [1.165, 1.54) is 7.11 Å². The van der Waals surface area contributed by atoms with E-state index in [2.05, 4.69) is 0 Å². The van der Waals surface area contributed by atoms with Crippen LogP contribution in [0.2, 0.25) is 5.02 Å². The number of carbonyl (C=O) groups excluding carboxylic acids is 1. The van der Waals surface area contributed by atoms with Crippen LogP contribution in [0.4, 0.5) is 0 Å². The zero-order chi connectivity index (χ0) is 12.1. The fourth-order valence-electron chi connectivity index (χ4n) is 1.34. The van der Waals surface area contributed by atoms with Crippen LogP contribution >= 0.6 is 11.6 Å². The Bertz CT molecular complexity index is 377. The van der Waals surface area contributed by atoms with Crippen molar-refractivity contribution in [3.05, 3.63) is 28.8 Å². The Balaban J connectivity index is 2.76. The van der Waals surface area contributed by atoms with Crippen LogP contribution in [0.3, 0.4) is 0 Å². The summed E-state index contributed by atoms with van der Waals surface area (Å²) >= 11 is 5.87. The summed E-state index contributed by atoms with van der Waals surface area (Å²) in [6.45, 7) is 1.88. The zero-order valence-corrected chi connectivity index (χ0v) is 10.3. The minimum Gasteiger partial charge on any atom is -0.495 e. The smallest absolute Gasteiger partial charge is 0.163 e. The summed E-state index contributed by atoms with van der Waals surface area (Å²) in [6.07, 6.45) is 1.13. The quantitative estimate of drug-likeness (QED) is 0.807. The van der Waals surface area contributed by atoms with Crippen LogP contribution in [-0.4, -0.2) is 18.9 Å². The molecule has 0 spiro atoms. The Kier molecular flexibility index (Phi) is 4.77. The number of ketones is 1. The summed E-state index contributed by atoms with van der Waals surface area (Å²) in [5, 5.41) is 0.506. The number of hydrogen-bond acceptors (Lipinski definition) is 3. The summed E-state index contributed by atoms with van der Waals surface area (Å²) in [4.78, 5) is 11.8. The molecule has 0 saturated carbocycles. The normalized spacial score (nSPS) is 12.2. The molecule has 3 nitrogen and oxygen atoms in total. The molecule has 0 radical (unpaired) electrons. The SMILES string of the molecule is COc1cc(C(=O)CCC(C)N)ccc1Cl. The van der Waals surface area contributed by atoms with Crippen molar-refractivity contribution in [1.29, 1.82) is 0 Å². The molecule has 4 heteroatoms. The van der Waals surface area contributed by atoms with Gasteiger partial charge in [-0.1, -0.05) is 11.6 Å². The van der Waals surface area contributed by atoms with Gasteiger partial charge in [0.15, 0.2) is 5.78 Å². The van der Waals surface area contributed by atoms with Crippen molar-refractivity contribution in [3.8, 4) is 5.75 Å². The van der Waals surface area contributed by atoms with Crippen LogP contribution in [0, 0.1) is 0 Å². The summed E-state index contributed by atoms with van der Waals surface area (Å²) in [5.74, 6) is 0.584. The third-order valence-electron chi connectivity index (χ3n) is 2.30. The number of benzene rings is 1. The van der Waals surface area contributed by atoms with Gasteiger partial charge in [-0.15, -0.1) is 0 Å². The van der Waals surface area contributed by atoms with Gasteiger partial charge in [0.1, 0.15) is 5.75 Å². The van der Waals surface area contributed by atoms with Crippen LogP contribution in [-0.2, 0) is 0 Å². The van der Waals surface area contributed by atoms with Crippen LogP contribution < -0.4 is 10.5 Å². The molecule has 1 aromatic carbocycles. The van der Waals surface area contributed by atoms with Crippen molar-refractivity contribution in [2.75, 3.05) is 7.11 Å². The first-order chi connectivity index (χ1) is 7.54. The van der Waals surface area contributed by atoms with E-state index in [9.17, 15) is 4.79 Å². The van der Waals surface area contributed by atoms with Crippen LogP contribution in [0.1, 0.15) is 30.1 Å². The van der Waals surface area contributed by atoms with E-state index >= 15 is 0 Å². The highest BCUT2D eigenvalue weighted by atomic mass is 35.5. The van der Waals surface area contributed by atoms with Gasteiger partial charge in [-0.25, -0.2) is 0 Å². The van der Waals surface area contributed by atoms with E-state index in [0.29, 0.717) is 29.2 Å². The molecule has 1 atom stereocenters. The largest absolute Gasteiger partial charge is 0.495 e. The average molecular weight is 242 g/mol. The predicted octanol–water partition coefficient (Wildman–Crippen LogP) is 2.66. The highest BCUT2D eigenvalue weighted by Crippen LogP contribution is 2.25. The molecule has 88 valence electrons. The van der Waals surface area contributed by atoms with Gasteiger partial charge in [-0.2, -0.15) is 0 Å². The summed E-state index contributed by atoms with van der Waals surface area (Å²) in [5.41, 5.74) is 6.21. The number of carbonyl (C=O) groups is 1. The number of methoxy groups -OCH3 is 1. The Hall–Kier alpha value is -1.06. The standard InChI is InChI=1S/C12H16ClNO2/c1-8(14)3-6-11(15)9-4-5-10(13)12(7-9)16-2/h4-5,7-8H,3,6,14H2,1-2H3. The van der Waals surface area contributed by atoms with E-state index in [1.54, 1.807) is 18.2 Å². The number of hydrogen-bond donors (Lipinski definition) is 1. The Morgan fingerprint density at radius 2 is 2.25 bits per heavy atom. The van der Waals surface area contributed by atoms with Gasteiger partial charge >= 0.3 is 0 Å². The molecule has 1 rings (SSSR count). The number of Topliss-reactive ketones (excluding diaryl/α,β-unsaturated/α-hetero) is 1. The Labute approximate surface area is 101 Å². The second-order valence-corrected chi connectivity index (χ2v) is 4.20. The summed E-state index contributed by atoms with van der Waals surface area (Å²) in [7, 11) is 1.53. The lowest BCUT2D eigenvalue weighted by atomic mass is 10.0. The fourth-order valence-corrected chi connectivity index (χ4v) is 1.53. The number of nitrogens with two attached hydrogens (primary N) is 1. The molecule has 0 aliphatic rings. The minimum absolute atomic E-state index is 0.0399. The monoisotopic (exact) mass is 241 g/mol. The molecule has 1 unspecified atom stereocenters. The Morgan fingerprint density at radius 3 is 2.81 bits per heavy atom. The molecule has 0 fully saturated rings. The van der Waals surface area contributed by atoms with Gasteiger partial charge in [0.2, 0.25) is 0 Å². The zero-order valence-electron chi connectivity index (χ0n) is 9.50. The number of halogens is 1. The van der Waals surface area contributed by atoms with Crippen molar-refractivity contribution >= 4 is 17.4 Å². The van der Waals surface area contributed by atoms with Crippen molar-refractivity contribution in [3.63, 3.8) is 0 Å². The van der Waals surface area contributed by atoms with Gasteiger partial charge in [0.05, 0.1) is 12.1 Å². The van der Waals surface area contributed by atoms with Crippen LogP contribution in [0.25, 0.3) is 0 Å². The maximum Gasteiger partial charge on any atom is 0.163 e. The van der Waals surface area contributed by atoms with E-state index in [4.69, 9.17) is 22.1 Å². The van der Waals surface area contributed by atoms with E-state index in [1.807, 2.05) is 6.92 Å². The maximum atomic E-state index is 11.8. The Morgan fingerprint density at radius 1 is 1.56 bits per heavy atom. The molecular formula is C12H16ClNO2. The lowest BCUT2D eigenvalue weighted by molar-refractivity contribution is 0.0977. The average Bonchev–Trinajstić information content (AvgIpc) is 2.26. The lowest BCUT2D eigenvalue weighted by Crippen LogP contribution is -2.16. The molecule has 0 saturated heterocycles. The van der Waals surface area contributed by atoms with Crippen LogP contribution in [0.15, 0.2) is 18.2 Å². The fraction of sp³-hybridized carbons (Fsp3) is 0.417. The van der Waals surface area contributed by atoms with E-state index in [-0.39, 0.29) is 11.8 Å². The molecular weight excluding hydrogens is 226 g/mol. The number of rotatable bonds is 5. The molecule has 0 bridgehead atoms. The van der Waals surface area contributed by atoms with Gasteiger partial charge in [-0.3, -0.25) is 4.79 Å². The molecule has 0 aliphatic heterocycles. The maximum absolute atomic E-state index is 11.8. The summed E-state index contributed by atoms with van der Waals surface area (Å²) in [6, 6.07) is 5.07. The second-order valence-electron chi connectivity index (χ2n) is 3.79. The van der Waals surface area contributed by atoms with Crippen molar-refractivity contribution < 1.29 is 9.53 Å². The minimum atomic E-state index is 0.0399. The molecule has 2 N–H and O–H groups in total. The molecule has 0 amide bonds. The third-order valence-corrected chi connectivity index (χ3v) is 2.61. The predicted molar refractivity (Wildman–Crippen MR) is 65.2 cm³/mol. The number of ether oxygens (including phenoxy) is 1. The van der Waals surface area contributed by atoms with Crippen molar-refractivity contribution in [1.82, 2.24) is 0 Å². The molecule has 0 heterocycles. The molecule has 0 aromatic heterocycles. The van der Waals surface area contributed by atoms with Crippen molar-refractivity contribution in [2.24, 2.45) is 5.73 Å². The molecule has 0 aliphatic carbocycles. The second kappa shape index (κ2) is 5.87. The molecule has 1 aromatic rings. The highest BCUT2D eigenvalue weighted by molar-refractivity contribution is 6.32. The summed E-state index contributed by atoms with van der Waals surface area (Å²) < 4.78 is 5.05. The third kappa shape index (κ3) is 3.51. The lowest BCUT2D eigenvalue weighted by Gasteiger charge is -2.07.